The van der Waals surface area contributed by atoms with Crippen LogP contribution in [0.1, 0.15) is 52.7 Å². The van der Waals surface area contributed by atoms with E-state index in [9.17, 15) is 0 Å². The Bertz CT molecular complexity index is 1170. The minimum absolute atomic E-state index is 0.00295. The molecule has 2 heterocycles. The van der Waals surface area contributed by atoms with Crippen molar-refractivity contribution < 1.29 is 0 Å². The minimum atomic E-state index is -0.213. The standard InChI is InChI=1S/C29H34BrIN2/c1-7-32-24-15-11-9-13-22(24)29(5,6)27(32)20-18-21(30)17-19-26-28(3,4)23-14-10-12-16-25(23)33(8-2)31-26/h9-20H,7-8H2,1-6H3/b19-17+,21-18-,27-20+. The van der Waals surface area contributed by atoms with Gasteiger partial charge in [-0.25, -0.2) is 0 Å². The molecular formula is C29H34BrIN2. The number of para-hydroxylation sites is 2. The Kier molecular flexibility index (Phi) is 7.07. The molecule has 0 aliphatic carbocycles. The van der Waals surface area contributed by atoms with E-state index in [1.165, 1.54) is 28.2 Å². The van der Waals surface area contributed by atoms with Crippen LogP contribution in [0.3, 0.4) is 0 Å². The summed E-state index contributed by atoms with van der Waals surface area (Å²) in [5.41, 5.74) is 6.99. The van der Waals surface area contributed by atoms with E-state index in [2.05, 4.69) is 138 Å². The molecule has 2 aliphatic rings. The lowest BCUT2D eigenvalue weighted by molar-refractivity contribution is 0.634. The molecule has 4 rings (SSSR count). The van der Waals surface area contributed by atoms with E-state index < -0.39 is 0 Å². The highest BCUT2D eigenvalue weighted by Crippen LogP contribution is 2.47. The highest BCUT2D eigenvalue weighted by Gasteiger charge is 2.38. The number of rotatable bonds is 5. The lowest BCUT2D eigenvalue weighted by Crippen LogP contribution is -2.33. The predicted octanol–water partition coefficient (Wildman–Crippen LogP) is 8.40. The minimum Gasteiger partial charge on any atom is -0.344 e. The van der Waals surface area contributed by atoms with Crippen LogP contribution in [-0.2, 0) is 10.8 Å². The molecule has 0 spiro atoms. The number of allylic oxidation sites excluding steroid dienone is 6. The summed E-state index contributed by atoms with van der Waals surface area (Å²) in [7, 11) is 0. The summed E-state index contributed by atoms with van der Waals surface area (Å²) in [5, 5.41) is 0. The first-order valence-electron chi connectivity index (χ1n) is 11.7. The molecule has 33 heavy (non-hydrogen) atoms. The lowest BCUT2D eigenvalue weighted by Gasteiger charge is -2.37. The lowest BCUT2D eigenvalue weighted by atomic mass is 9.80. The van der Waals surface area contributed by atoms with Gasteiger partial charge in [-0.3, -0.25) is 0 Å². The zero-order valence-corrected chi connectivity index (χ0v) is 24.2. The van der Waals surface area contributed by atoms with E-state index in [1.807, 2.05) is 0 Å². The maximum Gasteiger partial charge on any atom is 0.0494 e. The largest absolute Gasteiger partial charge is 0.344 e. The van der Waals surface area contributed by atoms with Gasteiger partial charge in [0.25, 0.3) is 0 Å². The Morgan fingerprint density at radius 2 is 1.48 bits per heavy atom. The van der Waals surface area contributed by atoms with Crippen molar-refractivity contribution in [3.63, 3.8) is 0 Å². The van der Waals surface area contributed by atoms with Gasteiger partial charge < -0.3 is 8.01 Å². The number of halogens is 2. The number of benzene rings is 2. The first-order chi connectivity index (χ1) is 15.7. The Morgan fingerprint density at radius 1 is 0.879 bits per heavy atom. The molecule has 0 atom stereocenters. The molecule has 0 unspecified atom stereocenters. The highest BCUT2D eigenvalue weighted by molar-refractivity contribution is 14.2. The summed E-state index contributed by atoms with van der Waals surface area (Å²) >= 11 is 3.61. The van der Waals surface area contributed by atoms with Gasteiger partial charge in [-0.2, -0.15) is 0 Å². The normalized spacial score (nSPS) is 20.5. The molecule has 0 saturated carbocycles. The van der Waals surface area contributed by atoms with Gasteiger partial charge in [-0.15, -0.1) is 0 Å². The van der Waals surface area contributed by atoms with Gasteiger partial charge in [0, 0.05) is 70.0 Å². The second-order valence-corrected chi connectivity index (χ2v) is 13.3. The van der Waals surface area contributed by atoms with Crippen LogP contribution in [-0.4, -0.2) is 16.6 Å². The molecule has 2 aromatic rings. The molecule has 0 amide bonds. The fraction of sp³-hybridized carbons (Fsp3) is 0.345. The number of fused-ring (bicyclic) bond motifs is 2. The van der Waals surface area contributed by atoms with Crippen LogP contribution in [0.4, 0.5) is 11.4 Å². The van der Waals surface area contributed by atoms with Gasteiger partial charge >= 0.3 is 0 Å². The summed E-state index contributed by atoms with van der Waals surface area (Å²) < 4.78 is 5.23. The summed E-state index contributed by atoms with van der Waals surface area (Å²) in [6.07, 6.45) is 9.10. The van der Waals surface area contributed by atoms with E-state index in [4.69, 9.17) is 0 Å². The number of hydrogen-bond donors (Lipinski definition) is 0. The first kappa shape index (κ1) is 24.5. The molecular weight excluding hydrogens is 583 g/mol. The van der Waals surface area contributed by atoms with E-state index in [0.717, 1.165) is 17.6 Å². The second kappa shape index (κ2) is 9.53. The summed E-state index contributed by atoms with van der Waals surface area (Å²) in [4.78, 5) is 2.44. The van der Waals surface area contributed by atoms with Crippen molar-refractivity contribution in [3.8, 4) is 0 Å². The maximum atomic E-state index is 3.82. The van der Waals surface area contributed by atoms with Crippen molar-refractivity contribution in [2.24, 2.45) is 0 Å². The Morgan fingerprint density at radius 3 is 2.12 bits per heavy atom. The summed E-state index contributed by atoms with van der Waals surface area (Å²) in [5.74, 6) is 0. The van der Waals surface area contributed by atoms with Gasteiger partial charge in [0.15, 0.2) is 0 Å². The fourth-order valence-corrected chi connectivity index (χ4v) is 8.07. The molecule has 2 nitrogen and oxygen atoms in total. The van der Waals surface area contributed by atoms with Crippen LogP contribution in [0, 0.1) is 0 Å². The van der Waals surface area contributed by atoms with E-state index in [1.54, 1.807) is 3.51 Å². The molecule has 0 aromatic heterocycles. The summed E-state index contributed by atoms with van der Waals surface area (Å²) in [6.45, 7) is 15.9. The van der Waals surface area contributed by atoms with Crippen molar-refractivity contribution in [1.29, 1.82) is 0 Å². The molecule has 0 bridgehead atoms. The zero-order valence-electron chi connectivity index (χ0n) is 20.5. The monoisotopic (exact) mass is 616 g/mol. The summed E-state index contributed by atoms with van der Waals surface area (Å²) in [6, 6.07) is 17.7. The quantitative estimate of drug-likeness (QED) is 0.189. The average Bonchev–Trinajstić information content (AvgIpc) is 3.03. The van der Waals surface area contributed by atoms with E-state index in [-0.39, 0.29) is 31.8 Å². The molecule has 0 saturated heterocycles. The number of nitrogens with zero attached hydrogens (tertiary/aromatic N) is 2. The van der Waals surface area contributed by atoms with Crippen molar-refractivity contribution in [2.75, 3.05) is 21.1 Å². The smallest absolute Gasteiger partial charge is 0.0494 e. The zero-order chi connectivity index (χ0) is 23.8. The van der Waals surface area contributed by atoms with Crippen molar-refractivity contribution >= 4 is 51.8 Å². The maximum absolute atomic E-state index is 3.82. The van der Waals surface area contributed by atoms with Crippen LogP contribution < -0.4 is 8.01 Å². The number of likely N-dealkylation sites (N-methyl/N-ethyl adjacent to an activating group) is 1. The molecule has 2 aliphatic heterocycles. The molecule has 0 fully saturated rings. The van der Waals surface area contributed by atoms with E-state index >= 15 is 0 Å². The SMILES string of the molecule is CCN1I=C(/C=C/C(Br)=C/C=C2/N(CC)c3ccccc3C2(C)C)C(C)(C)c2ccccc21. The molecule has 4 heteroatoms. The topological polar surface area (TPSA) is 6.48 Å². The molecule has 0 radical (unpaired) electrons. The highest BCUT2D eigenvalue weighted by atomic mass is 127. The van der Waals surface area contributed by atoms with Crippen molar-refractivity contribution in [1.82, 2.24) is 0 Å². The van der Waals surface area contributed by atoms with Gasteiger partial charge in [0.05, 0.1) is 0 Å². The van der Waals surface area contributed by atoms with Gasteiger partial charge in [-0.1, -0.05) is 80.0 Å². The molecule has 2 aromatic carbocycles. The van der Waals surface area contributed by atoms with E-state index in [0.29, 0.717) is 0 Å². The van der Waals surface area contributed by atoms with Crippen LogP contribution in [0.2, 0.25) is 0 Å². The number of hydrogen-bond acceptors (Lipinski definition) is 2. The van der Waals surface area contributed by atoms with Gasteiger partial charge in [0.2, 0.25) is 0 Å². The van der Waals surface area contributed by atoms with Gasteiger partial charge in [-0.05, 0) is 61.4 Å². The molecule has 174 valence electrons. The fourth-order valence-electron chi connectivity index (χ4n) is 4.92. The molecule has 0 N–H and O–H groups in total. The van der Waals surface area contributed by atoms with Crippen molar-refractivity contribution in [3.05, 3.63) is 94.1 Å². The first-order valence-corrected chi connectivity index (χ1v) is 14.6. The van der Waals surface area contributed by atoms with Crippen LogP contribution in [0.15, 0.2) is 83.0 Å². The van der Waals surface area contributed by atoms with Crippen LogP contribution in [0.25, 0.3) is 0 Å². The predicted molar refractivity (Wildman–Crippen MR) is 158 cm³/mol. The number of anilines is 2. The van der Waals surface area contributed by atoms with Crippen LogP contribution >= 0.6 is 36.9 Å². The third kappa shape index (κ3) is 4.41. The third-order valence-electron chi connectivity index (χ3n) is 6.81. The van der Waals surface area contributed by atoms with Gasteiger partial charge in [0.1, 0.15) is 0 Å². The third-order valence-corrected chi connectivity index (χ3v) is 11.4. The van der Waals surface area contributed by atoms with Crippen molar-refractivity contribution in [2.45, 2.75) is 52.4 Å². The van der Waals surface area contributed by atoms with Crippen LogP contribution in [0.5, 0.6) is 0 Å². The Hall–Kier alpha value is -1.66. The Labute approximate surface area is 218 Å². The average molecular weight is 617 g/mol. The second-order valence-electron chi connectivity index (χ2n) is 9.58. The Balaban J connectivity index is 1.63.